The number of hydrogen-bond donors (Lipinski definition) is 0. The SMILES string of the molecule is CC1(C)c2ccccc2-c2cc3c4ccccc4n(-c4ccc5c(c4)oc4cccc(C6CC(c7ccccc7)CC(c7ccccc7)=N6)c45)c3cc21. The van der Waals surface area contributed by atoms with Crippen molar-refractivity contribution in [3.05, 3.63) is 186 Å². The largest absolute Gasteiger partial charge is 0.456 e. The van der Waals surface area contributed by atoms with E-state index in [0.29, 0.717) is 5.92 Å². The molecule has 0 saturated heterocycles. The summed E-state index contributed by atoms with van der Waals surface area (Å²) in [5.74, 6) is 0.378. The van der Waals surface area contributed by atoms with Crippen molar-refractivity contribution < 1.29 is 4.42 Å². The van der Waals surface area contributed by atoms with E-state index in [1.807, 2.05) is 0 Å². The predicted octanol–water partition coefficient (Wildman–Crippen LogP) is 13.1. The normalized spacial score (nSPS) is 17.7. The molecule has 2 aliphatic rings. The van der Waals surface area contributed by atoms with Gasteiger partial charge in [-0.05, 0) is 94.1 Å². The zero-order valence-corrected chi connectivity index (χ0v) is 29.9. The van der Waals surface area contributed by atoms with Gasteiger partial charge in [0.1, 0.15) is 11.2 Å². The second kappa shape index (κ2) is 11.4. The fourth-order valence-electron chi connectivity index (χ4n) is 9.58. The molecule has 1 aliphatic heterocycles. The van der Waals surface area contributed by atoms with Gasteiger partial charge >= 0.3 is 0 Å². The van der Waals surface area contributed by atoms with Gasteiger partial charge in [-0.25, -0.2) is 0 Å². The third-order valence-electron chi connectivity index (χ3n) is 12.1. The first-order valence-corrected chi connectivity index (χ1v) is 18.8. The molecule has 0 bridgehead atoms. The van der Waals surface area contributed by atoms with Crippen LogP contribution in [-0.4, -0.2) is 10.3 Å². The standard InChI is InChI=1S/C50H38N2O/c1-50(2)41-21-11-9-18-35(41)39-29-40-36-19-10-12-22-45(36)52(46(40)30-42(39)50)34-24-25-38-48(28-34)53-47-23-13-20-37(49(38)47)44-27-33(31-14-5-3-6-15-31)26-43(51-44)32-16-7-4-8-17-32/h3-25,28-30,33,44H,26-27H2,1-2H3. The topological polar surface area (TPSA) is 30.4 Å². The molecule has 254 valence electrons. The minimum Gasteiger partial charge on any atom is -0.456 e. The summed E-state index contributed by atoms with van der Waals surface area (Å²) < 4.78 is 9.19. The maximum atomic E-state index is 6.76. The van der Waals surface area contributed by atoms with Crippen molar-refractivity contribution in [1.82, 2.24) is 4.57 Å². The van der Waals surface area contributed by atoms with E-state index in [4.69, 9.17) is 9.41 Å². The molecule has 0 fully saturated rings. The average Bonchev–Trinajstić information content (AvgIpc) is 3.82. The lowest BCUT2D eigenvalue weighted by Gasteiger charge is -2.29. The first kappa shape index (κ1) is 30.4. The van der Waals surface area contributed by atoms with Crippen LogP contribution in [0.15, 0.2) is 167 Å². The summed E-state index contributed by atoms with van der Waals surface area (Å²) in [6.45, 7) is 4.71. The summed E-state index contributed by atoms with van der Waals surface area (Å²) in [6, 6.07) is 57.6. The monoisotopic (exact) mass is 682 g/mol. The minimum absolute atomic E-state index is 0.0141. The van der Waals surface area contributed by atoms with Crippen LogP contribution in [0.1, 0.15) is 66.5 Å². The molecule has 1 aliphatic carbocycles. The summed E-state index contributed by atoms with van der Waals surface area (Å²) in [7, 11) is 0. The molecule has 2 unspecified atom stereocenters. The van der Waals surface area contributed by atoms with Crippen LogP contribution >= 0.6 is 0 Å². The van der Waals surface area contributed by atoms with E-state index in [1.54, 1.807) is 0 Å². The number of aromatic nitrogens is 1. The van der Waals surface area contributed by atoms with Gasteiger partial charge in [0.05, 0.1) is 17.1 Å². The van der Waals surface area contributed by atoms with E-state index < -0.39 is 0 Å². The van der Waals surface area contributed by atoms with Gasteiger partial charge in [-0.3, -0.25) is 4.99 Å². The van der Waals surface area contributed by atoms with Gasteiger partial charge < -0.3 is 8.98 Å². The van der Waals surface area contributed by atoms with Gasteiger partial charge in [0.25, 0.3) is 0 Å². The molecule has 3 heterocycles. The van der Waals surface area contributed by atoms with Crippen molar-refractivity contribution in [1.29, 1.82) is 0 Å². The van der Waals surface area contributed by atoms with E-state index in [2.05, 4.69) is 176 Å². The van der Waals surface area contributed by atoms with Crippen molar-refractivity contribution in [3.63, 3.8) is 0 Å². The molecule has 0 amide bonds. The zero-order chi connectivity index (χ0) is 35.3. The Morgan fingerprint density at radius 3 is 2.25 bits per heavy atom. The first-order chi connectivity index (χ1) is 26.0. The van der Waals surface area contributed by atoms with E-state index in [0.717, 1.165) is 35.1 Å². The number of benzene rings is 7. The van der Waals surface area contributed by atoms with E-state index >= 15 is 0 Å². The first-order valence-electron chi connectivity index (χ1n) is 18.8. The summed E-state index contributed by atoms with van der Waals surface area (Å²) in [4.78, 5) is 5.49. The maximum Gasteiger partial charge on any atom is 0.137 e. The van der Waals surface area contributed by atoms with Crippen molar-refractivity contribution in [2.45, 2.75) is 44.1 Å². The molecule has 0 radical (unpaired) electrons. The third kappa shape index (κ3) is 4.56. The second-order valence-corrected chi connectivity index (χ2v) is 15.4. The third-order valence-corrected chi connectivity index (χ3v) is 12.1. The van der Waals surface area contributed by atoms with Crippen LogP contribution in [-0.2, 0) is 5.41 Å². The van der Waals surface area contributed by atoms with Crippen molar-refractivity contribution in [3.8, 4) is 16.8 Å². The molecule has 3 nitrogen and oxygen atoms in total. The van der Waals surface area contributed by atoms with Crippen LogP contribution in [0.2, 0.25) is 0 Å². The summed E-state index contributed by atoms with van der Waals surface area (Å²) >= 11 is 0. The molecule has 0 N–H and O–H groups in total. The molecular formula is C50H38N2O. The minimum atomic E-state index is -0.0814. The molecule has 0 spiro atoms. The van der Waals surface area contributed by atoms with Gasteiger partial charge in [0.2, 0.25) is 0 Å². The summed E-state index contributed by atoms with van der Waals surface area (Å²) in [5.41, 5.74) is 15.7. The zero-order valence-electron chi connectivity index (χ0n) is 29.9. The lowest BCUT2D eigenvalue weighted by Crippen LogP contribution is -2.18. The van der Waals surface area contributed by atoms with Gasteiger partial charge in [-0.15, -0.1) is 0 Å². The Balaban J connectivity index is 1.08. The smallest absolute Gasteiger partial charge is 0.137 e. The van der Waals surface area contributed by atoms with Gasteiger partial charge in [-0.1, -0.05) is 129 Å². The highest BCUT2D eigenvalue weighted by Crippen LogP contribution is 2.51. The summed E-state index contributed by atoms with van der Waals surface area (Å²) in [6.07, 6.45) is 1.89. The van der Waals surface area contributed by atoms with Crippen LogP contribution in [0.25, 0.3) is 60.6 Å². The molecule has 2 aromatic heterocycles. The Labute approximate surface area is 308 Å². The Hall–Kier alpha value is -6.19. The molecule has 9 aromatic rings. The van der Waals surface area contributed by atoms with Crippen LogP contribution in [0.4, 0.5) is 0 Å². The van der Waals surface area contributed by atoms with Crippen LogP contribution < -0.4 is 0 Å². The quantitative estimate of drug-likeness (QED) is 0.182. The number of hydrogen-bond acceptors (Lipinski definition) is 2. The van der Waals surface area contributed by atoms with Crippen LogP contribution in [0.5, 0.6) is 0 Å². The highest BCUT2D eigenvalue weighted by Gasteiger charge is 2.36. The molecule has 3 heteroatoms. The number of furan rings is 1. The van der Waals surface area contributed by atoms with Gasteiger partial charge in [0, 0.05) is 44.4 Å². The Kier molecular flexibility index (Phi) is 6.55. The highest BCUT2D eigenvalue weighted by molar-refractivity contribution is 6.13. The van der Waals surface area contributed by atoms with Crippen molar-refractivity contribution in [2.24, 2.45) is 4.99 Å². The van der Waals surface area contributed by atoms with Crippen LogP contribution in [0.3, 0.4) is 0 Å². The van der Waals surface area contributed by atoms with E-state index in [1.165, 1.54) is 71.8 Å². The highest BCUT2D eigenvalue weighted by atomic mass is 16.3. The molecule has 11 rings (SSSR count). The predicted molar refractivity (Wildman–Crippen MR) is 220 cm³/mol. The van der Waals surface area contributed by atoms with E-state index in [9.17, 15) is 0 Å². The Morgan fingerprint density at radius 2 is 1.38 bits per heavy atom. The molecular weight excluding hydrogens is 645 g/mol. The lowest BCUT2D eigenvalue weighted by molar-refractivity contribution is 0.532. The second-order valence-electron chi connectivity index (χ2n) is 15.4. The van der Waals surface area contributed by atoms with Crippen molar-refractivity contribution >= 4 is 49.5 Å². The Bertz CT molecular complexity index is 2930. The Morgan fingerprint density at radius 1 is 0.604 bits per heavy atom. The van der Waals surface area contributed by atoms with Gasteiger partial charge in [0.15, 0.2) is 0 Å². The number of fused-ring (bicyclic) bond motifs is 9. The summed E-state index contributed by atoms with van der Waals surface area (Å²) in [5, 5.41) is 4.84. The number of aliphatic imine (C=N–C) groups is 1. The average molecular weight is 683 g/mol. The fourth-order valence-corrected chi connectivity index (χ4v) is 9.58. The molecule has 0 saturated carbocycles. The number of nitrogens with zero attached hydrogens (tertiary/aromatic N) is 2. The molecule has 7 aromatic carbocycles. The van der Waals surface area contributed by atoms with E-state index in [-0.39, 0.29) is 11.5 Å². The molecule has 2 atom stereocenters. The van der Waals surface area contributed by atoms with Crippen LogP contribution in [0, 0.1) is 0 Å². The number of rotatable bonds is 4. The maximum absolute atomic E-state index is 6.76. The fraction of sp³-hybridized carbons (Fsp3) is 0.140. The lowest BCUT2D eigenvalue weighted by atomic mass is 9.81. The molecule has 53 heavy (non-hydrogen) atoms. The number of para-hydroxylation sites is 1. The van der Waals surface area contributed by atoms with Crippen molar-refractivity contribution in [2.75, 3.05) is 0 Å². The van der Waals surface area contributed by atoms with Gasteiger partial charge in [-0.2, -0.15) is 0 Å².